The smallest absolute Gasteiger partial charge is 0.217 e. The van der Waals surface area contributed by atoms with Gasteiger partial charge in [-0.2, -0.15) is 0 Å². The van der Waals surface area contributed by atoms with Crippen molar-refractivity contribution in [2.75, 3.05) is 12.9 Å². The third-order valence-electron chi connectivity index (χ3n) is 3.76. The zero-order chi connectivity index (χ0) is 16.5. The van der Waals surface area contributed by atoms with Gasteiger partial charge in [-0.3, -0.25) is 4.40 Å². The molecule has 24 heavy (non-hydrogen) atoms. The molecular weight excluding hydrogens is 342 g/mol. The van der Waals surface area contributed by atoms with Gasteiger partial charge in [0.2, 0.25) is 4.96 Å². The van der Waals surface area contributed by atoms with Crippen molar-refractivity contribution < 1.29 is 9.84 Å². The zero-order valence-electron chi connectivity index (χ0n) is 12.9. The average Bonchev–Trinajstić information content (AvgIpc) is 3.19. The molecule has 1 N–H and O–H groups in total. The van der Waals surface area contributed by atoms with Crippen LogP contribution in [-0.4, -0.2) is 32.6 Å². The molecule has 0 bridgehead atoms. The van der Waals surface area contributed by atoms with E-state index in [2.05, 4.69) is 22.3 Å². The van der Waals surface area contributed by atoms with Gasteiger partial charge < -0.3 is 9.84 Å². The van der Waals surface area contributed by atoms with Gasteiger partial charge in [0.15, 0.2) is 5.16 Å². The number of rotatable bonds is 5. The lowest BCUT2D eigenvalue weighted by Gasteiger charge is -2.11. The van der Waals surface area contributed by atoms with Crippen molar-refractivity contribution in [2.24, 2.45) is 0 Å². The predicted octanol–water partition coefficient (Wildman–Crippen LogP) is 3.78. The number of nitrogens with zero attached hydrogens (tertiary/aromatic N) is 3. The van der Waals surface area contributed by atoms with E-state index in [1.165, 1.54) is 16.5 Å². The summed E-state index contributed by atoms with van der Waals surface area (Å²) in [5, 5.41) is 19.7. The third kappa shape index (κ3) is 2.75. The molecule has 0 amide bonds. The summed E-state index contributed by atoms with van der Waals surface area (Å²) in [6.07, 6.45) is -0.595. The summed E-state index contributed by atoms with van der Waals surface area (Å²) in [6.45, 7) is 0. The van der Waals surface area contributed by atoms with E-state index in [9.17, 15) is 5.11 Å². The summed E-state index contributed by atoms with van der Waals surface area (Å²) in [7, 11) is 1.62. The van der Waals surface area contributed by atoms with E-state index in [1.807, 2.05) is 40.8 Å². The number of methoxy groups -OCH3 is 1. The van der Waals surface area contributed by atoms with Gasteiger partial charge in [-0.1, -0.05) is 47.4 Å². The molecule has 0 saturated carbocycles. The van der Waals surface area contributed by atoms with Gasteiger partial charge in [0.05, 0.1) is 23.4 Å². The van der Waals surface area contributed by atoms with E-state index in [1.54, 1.807) is 18.4 Å². The number of thioether (sulfide) groups is 1. The van der Waals surface area contributed by atoms with Gasteiger partial charge in [-0.05, 0) is 29.8 Å². The third-order valence-corrected chi connectivity index (χ3v) is 5.78. The SMILES string of the molecule is COc1cccc([C@H](O)CSc2nnc3sc4ccccc4n23)c1. The van der Waals surface area contributed by atoms with Gasteiger partial charge in [0.1, 0.15) is 5.75 Å². The monoisotopic (exact) mass is 357 g/mol. The standard InChI is InChI=1S/C17H15N3O2S2/c1-22-12-6-4-5-11(9-12)14(21)10-23-16-18-19-17-20(16)13-7-2-3-8-15(13)24-17/h2-9,14,21H,10H2,1H3/t14-/m1/s1. The molecule has 0 unspecified atom stereocenters. The van der Waals surface area contributed by atoms with Crippen molar-refractivity contribution in [2.45, 2.75) is 11.3 Å². The number of aromatic nitrogens is 3. The number of benzene rings is 2. The Morgan fingerprint density at radius 2 is 2.08 bits per heavy atom. The Bertz CT molecular complexity index is 996. The first kappa shape index (κ1) is 15.4. The zero-order valence-corrected chi connectivity index (χ0v) is 14.5. The van der Waals surface area contributed by atoms with Crippen molar-refractivity contribution in [3.8, 4) is 5.75 Å². The van der Waals surface area contributed by atoms with E-state index in [0.717, 1.165) is 26.9 Å². The summed E-state index contributed by atoms with van der Waals surface area (Å²) in [6, 6.07) is 15.7. The molecule has 122 valence electrons. The van der Waals surface area contributed by atoms with Crippen LogP contribution in [-0.2, 0) is 0 Å². The molecule has 0 aliphatic carbocycles. The maximum absolute atomic E-state index is 10.4. The van der Waals surface area contributed by atoms with Crippen LogP contribution in [0.5, 0.6) is 5.75 Å². The Kier molecular flexibility index (Phi) is 4.13. The van der Waals surface area contributed by atoms with E-state index in [4.69, 9.17) is 4.74 Å². The van der Waals surface area contributed by atoms with E-state index >= 15 is 0 Å². The molecule has 0 aliphatic heterocycles. The Morgan fingerprint density at radius 3 is 2.96 bits per heavy atom. The van der Waals surface area contributed by atoms with Crippen molar-refractivity contribution in [1.82, 2.24) is 14.6 Å². The highest BCUT2D eigenvalue weighted by atomic mass is 32.2. The molecule has 0 saturated heterocycles. The number of aliphatic hydroxyl groups is 1. The summed E-state index contributed by atoms with van der Waals surface area (Å²) in [5.74, 6) is 1.24. The van der Waals surface area contributed by atoms with Gasteiger partial charge in [0, 0.05) is 5.75 Å². The van der Waals surface area contributed by atoms with Crippen LogP contribution in [0.1, 0.15) is 11.7 Å². The van der Waals surface area contributed by atoms with Crippen molar-refractivity contribution in [3.05, 3.63) is 54.1 Å². The van der Waals surface area contributed by atoms with E-state index in [-0.39, 0.29) is 0 Å². The minimum Gasteiger partial charge on any atom is -0.497 e. The Balaban J connectivity index is 1.58. The van der Waals surface area contributed by atoms with Crippen LogP contribution in [0, 0.1) is 0 Å². The van der Waals surface area contributed by atoms with Gasteiger partial charge in [-0.15, -0.1) is 10.2 Å². The number of hydrogen-bond donors (Lipinski definition) is 1. The summed E-state index contributed by atoms with van der Waals surface area (Å²) in [4.78, 5) is 0.870. The fourth-order valence-electron chi connectivity index (χ4n) is 2.55. The predicted molar refractivity (Wildman–Crippen MR) is 97.0 cm³/mol. The first-order valence-electron chi connectivity index (χ1n) is 7.44. The Labute approximate surface area is 146 Å². The number of fused-ring (bicyclic) bond motifs is 3. The second kappa shape index (κ2) is 6.43. The van der Waals surface area contributed by atoms with Gasteiger partial charge in [-0.25, -0.2) is 0 Å². The van der Waals surface area contributed by atoms with Crippen molar-refractivity contribution >= 4 is 38.3 Å². The van der Waals surface area contributed by atoms with Crippen LogP contribution < -0.4 is 4.74 Å². The first-order chi connectivity index (χ1) is 11.8. The lowest BCUT2D eigenvalue weighted by atomic mass is 10.1. The fraction of sp³-hybridized carbons (Fsp3) is 0.176. The summed E-state index contributed by atoms with van der Waals surface area (Å²) < 4.78 is 8.43. The molecule has 7 heteroatoms. The maximum Gasteiger partial charge on any atom is 0.217 e. The molecular formula is C17H15N3O2S2. The van der Waals surface area contributed by atoms with Crippen LogP contribution in [0.15, 0.2) is 53.7 Å². The summed E-state index contributed by atoms with van der Waals surface area (Å²) >= 11 is 3.11. The molecule has 5 nitrogen and oxygen atoms in total. The number of hydrogen-bond acceptors (Lipinski definition) is 6. The Hall–Kier alpha value is -2.09. The molecule has 1 atom stereocenters. The molecule has 4 aromatic rings. The number of aliphatic hydroxyl groups excluding tert-OH is 1. The van der Waals surface area contributed by atoms with Crippen LogP contribution in [0.4, 0.5) is 0 Å². The largest absolute Gasteiger partial charge is 0.497 e. The summed E-state index contributed by atoms with van der Waals surface area (Å²) in [5.41, 5.74) is 1.93. The van der Waals surface area contributed by atoms with E-state index < -0.39 is 6.10 Å². The highest BCUT2D eigenvalue weighted by Crippen LogP contribution is 2.31. The molecule has 0 aliphatic rings. The number of para-hydroxylation sites is 1. The second-order valence-corrected chi connectivity index (χ2v) is 7.27. The average molecular weight is 357 g/mol. The van der Waals surface area contributed by atoms with Crippen LogP contribution in [0.2, 0.25) is 0 Å². The lowest BCUT2D eigenvalue weighted by Crippen LogP contribution is -2.01. The highest BCUT2D eigenvalue weighted by molar-refractivity contribution is 7.99. The maximum atomic E-state index is 10.4. The highest BCUT2D eigenvalue weighted by Gasteiger charge is 2.15. The van der Waals surface area contributed by atoms with E-state index in [0.29, 0.717) is 5.75 Å². The van der Waals surface area contributed by atoms with Crippen LogP contribution in [0.3, 0.4) is 0 Å². The van der Waals surface area contributed by atoms with Crippen LogP contribution >= 0.6 is 23.1 Å². The first-order valence-corrected chi connectivity index (χ1v) is 9.24. The Morgan fingerprint density at radius 1 is 1.21 bits per heavy atom. The topological polar surface area (TPSA) is 59.7 Å². The fourth-order valence-corrected chi connectivity index (χ4v) is 4.48. The minimum atomic E-state index is -0.595. The molecule has 4 rings (SSSR count). The minimum absolute atomic E-state index is 0.498. The molecule has 0 spiro atoms. The van der Waals surface area contributed by atoms with Crippen molar-refractivity contribution in [1.29, 1.82) is 0 Å². The second-order valence-electron chi connectivity index (χ2n) is 5.27. The quantitative estimate of drug-likeness (QED) is 0.551. The van der Waals surface area contributed by atoms with Gasteiger partial charge in [0.25, 0.3) is 0 Å². The molecule has 0 fully saturated rings. The normalized spacial score (nSPS) is 12.8. The lowest BCUT2D eigenvalue weighted by molar-refractivity contribution is 0.203. The molecule has 0 radical (unpaired) electrons. The number of ether oxygens (including phenoxy) is 1. The van der Waals surface area contributed by atoms with Crippen molar-refractivity contribution in [3.63, 3.8) is 0 Å². The molecule has 2 heterocycles. The molecule has 2 aromatic heterocycles. The van der Waals surface area contributed by atoms with Gasteiger partial charge >= 0.3 is 0 Å². The number of thiazole rings is 1. The molecule has 2 aromatic carbocycles. The van der Waals surface area contributed by atoms with Crippen LogP contribution in [0.25, 0.3) is 15.2 Å².